The average Bonchev–Trinajstić information content (AvgIpc) is 3.62. The van der Waals surface area contributed by atoms with Gasteiger partial charge in [0.1, 0.15) is 5.82 Å². The highest BCUT2D eigenvalue weighted by Gasteiger charge is 2.51. The minimum Gasteiger partial charge on any atom is -0.465 e. The number of anilines is 2. The summed E-state index contributed by atoms with van der Waals surface area (Å²) in [4.78, 5) is 46.1. The largest absolute Gasteiger partial charge is 0.465 e. The van der Waals surface area contributed by atoms with Crippen LogP contribution in [0.5, 0.6) is 0 Å². The zero-order chi connectivity index (χ0) is 29.0. The van der Waals surface area contributed by atoms with Crippen LogP contribution in [0.25, 0.3) is 10.9 Å². The number of fused-ring (bicyclic) bond motifs is 1. The highest BCUT2D eigenvalue weighted by Crippen LogP contribution is 2.61. The number of benzene rings is 1. The Kier molecular flexibility index (Phi) is 6.99. The number of amides is 4. The smallest absolute Gasteiger partial charge is 0.415 e. The Labute approximate surface area is 246 Å². The second-order valence-corrected chi connectivity index (χ2v) is 13.8. The molecule has 2 aromatic rings. The Morgan fingerprint density at radius 3 is 2.48 bits per heavy atom. The van der Waals surface area contributed by atoms with Crippen molar-refractivity contribution >= 4 is 40.4 Å². The maximum absolute atomic E-state index is 13.4. The summed E-state index contributed by atoms with van der Waals surface area (Å²) in [5.74, 6) is 3.41. The van der Waals surface area contributed by atoms with Crippen LogP contribution in [-0.2, 0) is 4.79 Å². The summed E-state index contributed by atoms with van der Waals surface area (Å²) < 4.78 is 0. The van der Waals surface area contributed by atoms with E-state index in [1.54, 1.807) is 0 Å². The van der Waals surface area contributed by atoms with Crippen molar-refractivity contribution in [2.24, 2.45) is 23.2 Å². The molecule has 1 aromatic heterocycles. The first-order valence-corrected chi connectivity index (χ1v) is 15.7. The molecule has 2 atom stereocenters. The first-order valence-electron chi connectivity index (χ1n) is 15.7. The summed E-state index contributed by atoms with van der Waals surface area (Å²) >= 11 is 0. The summed E-state index contributed by atoms with van der Waals surface area (Å²) in [7, 11) is 0. The zero-order valence-corrected chi connectivity index (χ0v) is 24.4. The SMILES string of the molecule is Cc1ccc2nc(N3CCC(NC(=O)N(C(=O)O)C4CCNC4)C3)ccc2c1NC(=O)CC12CC3CC(CC(C3)C1)C2. The van der Waals surface area contributed by atoms with Gasteiger partial charge in [-0.1, -0.05) is 6.07 Å². The van der Waals surface area contributed by atoms with Gasteiger partial charge in [0.05, 0.1) is 17.2 Å². The van der Waals surface area contributed by atoms with Gasteiger partial charge in [-0.15, -0.1) is 0 Å². The van der Waals surface area contributed by atoms with Gasteiger partial charge in [0.15, 0.2) is 0 Å². The van der Waals surface area contributed by atoms with Crippen molar-refractivity contribution in [3.63, 3.8) is 0 Å². The van der Waals surface area contributed by atoms with Crippen LogP contribution in [0.2, 0.25) is 0 Å². The van der Waals surface area contributed by atoms with Crippen LogP contribution in [-0.4, -0.2) is 71.3 Å². The highest BCUT2D eigenvalue weighted by molar-refractivity contribution is 6.03. The molecule has 2 saturated heterocycles. The quantitative estimate of drug-likeness (QED) is 0.393. The number of hydrogen-bond acceptors (Lipinski definition) is 6. The van der Waals surface area contributed by atoms with Gasteiger partial charge in [0.25, 0.3) is 0 Å². The van der Waals surface area contributed by atoms with Crippen LogP contribution in [0.15, 0.2) is 24.3 Å². The molecule has 4 saturated carbocycles. The van der Waals surface area contributed by atoms with Crippen molar-refractivity contribution in [2.75, 3.05) is 36.4 Å². The Balaban J connectivity index is 1.02. The van der Waals surface area contributed by atoms with Crippen LogP contribution in [0.3, 0.4) is 0 Å². The van der Waals surface area contributed by atoms with E-state index in [0.717, 1.165) is 50.6 Å². The maximum atomic E-state index is 13.4. The topological polar surface area (TPSA) is 127 Å². The molecule has 1 aromatic carbocycles. The first-order chi connectivity index (χ1) is 20.2. The number of aromatic nitrogens is 1. The summed E-state index contributed by atoms with van der Waals surface area (Å²) in [6.45, 7) is 4.49. The van der Waals surface area contributed by atoms with Crippen molar-refractivity contribution < 1.29 is 19.5 Å². The standard InChI is InChI=1S/C32H42N6O4/c1-19-2-4-26-25(29(19)36-28(39)16-32-13-20-10-21(14-32)12-22(11-20)15-32)3-5-27(35-26)37-9-7-23(18-37)34-30(40)38(31(41)42)24-6-8-33-17-24/h2-5,20-24,33H,6-18H2,1H3,(H,34,40)(H,36,39)(H,41,42). The number of aryl methyl sites for hydroxylation is 1. The number of rotatable bonds is 6. The number of pyridine rings is 1. The number of nitrogens with one attached hydrogen (secondary N) is 3. The Morgan fingerprint density at radius 1 is 1.07 bits per heavy atom. The van der Waals surface area contributed by atoms with E-state index in [1.165, 1.54) is 38.5 Å². The minimum atomic E-state index is -1.22. The molecule has 8 rings (SSSR count). The van der Waals surface area contributed by atoms with Crippen LogP contribution >= 0.6 is 0 Å². The maximum Gasteiger partial charge on any atom is 0.415 e. The zero-order valence-electron chi connectivity index (χ0n) is 24.4. The third kappa shape index (κ3) is 5.18. The summed E-state index contributed by atoms with van der Waals surface area (Å²) in [5.41, 5.74) is 2.89. The average molecular weight is 575 g/mol. The van der Waals surface area contributed by atoms with E-state index in [-0.39, 0.29) is 23.4 Å². The first kappa shape index (κ1) is 27.4. The van der Waals surface area contributed by atoms with Gasteiger partial charge in [0.2, 0.25) is 5.91 Å². The Bertz CT molecular complexity index is 1370. The molecule has 4 amide bonds. The lowest BCUT2D eigenvalue weighted by atomic mass is 9.49. The Morgan fingerprint density at radius 2 is 1.81 bits per heavy atom. The number of carboxylic acid groups (broad SMARTS) is 1. The third-order valence-corrected chi connectivity index (χ3v) is 10.7. The van der Waals surface area contributed by atoms with Crippen molar-refractivity contribution in [3.05, 3.63) is 29.8 Å². The molecular weight excluding hydrogens is 532 g/mol. The molecule has 10 heteroatoms. The van der Waals surface area contributed by atoms with Gasteiger partial charge in [-0.25, -0.2) is 19.5 Å². The van der Waals surface area contributed by atoms with E-state index in [2.05, 4.69) is 20.9 Å². The van der Waals surface area contributed by atoms with E-state index < -0.39 is 12.1 Å². The Hall–Kier alpha value is -3.40. The number of carbonyl (C=O) groups is 3. The van der Waals surface area contributed by atoms with Crippen molar-refractivity contribution in [1.29, 1.82) is 0 Å². The van der Waals surface area contributed by atoms with Crippen LogP contribution in [0.4, 0.5) is 21.1 Å². The van der Waals surface area contributed by atoms with Crippen molar-refractivity contribution in [3.8, 4) is 0 Å². The van der Waals surface area contributed by atoms with Gasteiger partial charge < -0.3 is 26.0 Å². The molecule has 6 fully saturated rings. The number of urea groups is 1. The molecule has 10 nitrogen and oxygen atoms in total. The highest BCUT2D eigenvalue weighted by atomic mass is 16.4. The fourth-order valence-corrected chi connectivity index (χ4v) is 9.27. The van der Waals surface area contributed by atoms with Gasteiger partial charge in [-0.2, -0.15) is 0 Å². The van der Waals surface area contributed by atoms with Crippen molar-refractivity contribution in [2.45, 2.75) is 76.8 Å². The molecule has 0 radical (unpaired) electrons. The van der Waals surface area contributed by atoms with E-state index in [1.807, 2.05) is 31.2 Å². The summed E-state index contributed by atoms with van der Waals surface area (Å²) in [6, 6.07) is 6.98. The lowest BCUT2D eigenvalue weighted by Gasteiger charge is -2.56. The predicted molar refractivity (Wildman–Crippen MR) is 161 cm³/mol. The third-order valence-electron chi connectivity index (χ3n) is 10.7. The summed E-state index contributed by atoms with van der Waals surface area (Å²) in [5, 5.41) is 19.9. The number of nitrogens with zero attached hydrogens (tertiary/aromatic N) is 3. The normalized spacial score (nSPS) is 31.5. The van der Waals surface area contributed by atoms with Crippen LogP contribution in [0.1, 0.15) is 63.4 Å². The second-order valence-electron chi connectivity index (χ2n) is 13.8. The molecule has 2 unspecified atom stereocenters. The van der Waals surface area contributed by atoms with E-state index in [4.69, 9.17) is 4.98 Å². The molecule has 4 bridgehead atoms. The van der Waals surface area contributed by atoms with Gasteiger partial charge >= 0.3 is 12.1 Å². The fourth-order valence-electron chi connectivity index (χ4n) is 9.27. The van der Waals surface area contributed by atoms with Gasteiger partial charge in [-0.3, -0.25) is 4.79 Å². The number of hydrogen-bond donors (Lipinski definition) is 4. The molecule has 42 heavy (non-hydrogen) atoms. The van der Waals surface area contributed by atoms with Crippen LogP contribution < -0.4 is 20.9 Å². The number of carbonyl (C=O) groups excluding carboxylic acids is 2. The van der Waals surface area contributed by atoms with E-state index in [0.29, 0.717) is 45.4 Å². The molecule has 0 spiro atoms. The lowest BCUT2D eigenvalue weighted by Crippen LogP contribution is -2.52. The molecule has 3 heterocycles. The van der Waals surface area contributed by atoms with Gasteiger partial charge in [-0.05, 0) is 112 Å². The lowest BCUT2D eigenvalue weighted by molar-refractivity contribution is -0.124. The molecule has 6 aliphatic rings. The molecule has 2 aliphatic heterocycles. The summed E-state index contributed by atoms with van der Waals surface area (Å²) in [6.07, 6.45) is 8.52. The minimum absolute atomic E-state index is 0.124. The molecule has 4 N–H and O–H groups in total. The second kappa shape index (κ2) is 10.7. The predicted octanol–water partition coefficient (Wildman–Crippen LogP) is 4.72. The van der Waals surface area contributed by atoms with E-state index >= 15 is 0 Å². The molecule has 4 aliphatic carbocycles. The molecular formula is C32H42N6O4. The van der Waals surface area contributed by atoms with Gasteiger partial charge in [0, 0.05) is 37.5 Å². The monoisotopic (exact) mass is 574 g/mol. The molecule has 224 valence electrons. The van der Waals surface area contributed by atoms with E-state index in [9.17, 15) is 19.5 Å². The number of imide groups is 1. The van der Waals surface area contributed by atoms with Crippen molar-refractivity contribution in [1.82, 2.24) is 20.5 Å². The van der Waals surface area contributed by atoms with Crippen LogP contribution in [0, 0.1) is 30.1 Å². The fraction of sp³-hybridized carbons (Fsp3) is 0.625.